The van der Waals surface area contributed by atoms with Gasteiger partial charge in [0.25, 0.3) is 0 Å². The molecule has 1 aromatic heterocycles. The highest BCUT2D eigenvalue weighted by atomic mass is 35.5. The number of anilines is 3. The number of para-hydroxylation sites is 2. The summed E-state index contributed by atoms with van der Waals surface area (Å²) in [6, 6.07) is 18.5. The Morgan fingerprint density at radius 2 is 1.78 bits per heavy atom. The van der Waals surface area contributed by atoms with E-state index in [1.165, 1.54) is 0 Å². The van der Waals surface area contributed by atoms with Crippen LogP contribution < -0.4 is 26.2 Å². The van der Waals surface area contributed by atoms with Gasteiger partial charge in [0.1, 0.15) is 11.8 Å². The number of halogens is 1. The summed E-state index contributed by atoms with van der Waals surface area (Å²) < 4.78 is 0. The molecule has 2 aliphatic heterocycles. The van der Waals surface area contributed by atoms with Crippen molar-refractivity contribution in [3.05, 3.63) is 60.7 Å². The fourth-order valence-electron chi connectivity index (χ4n) is 5.07. The normalized spacial score (nSPS) is 18.2. The van der Waals surface area contributed by atoms with Crippen molar-refractivity contribution in [2.24, 2.45) is 5.92 Å². The number of nitrogens with two attached hydrogens (primary N) is 1. The van der Waals surface area contributed by atoms with Gasteiger partial charge in [-0.25, -0.2) is 0 Å². The predicted molar refractivity (Wildman–Crippen MR) is 149 cm³/mol. The first-order valence-electron chi connectivity index (χ1n) is 12.6. The smallest absolute Gasteiger partial charge is 0.244 e. The molecule has 2 saturated heterocycles. The average Bonchev–Trinajstić information content (AvgIpc) is 2.93. The Labute approximate surface area is 223 Å². The lowest BCUT2D eigenvalue weighted by Gasteiger charge is -2.43. The number of hydrogen-bond donors (Lipinski definition) is 4. The minimum atomic E-state index is -0.385. The number of aromatic hydroxyl groups is 1. The molecule has 0 bridgehead atoms. The summed E-state index contributed by atoms with van der Waals surface area (Å²) in [7, 11) is 0. The molecular weight excluding hydrogens is 490 g/mol. The van der Waals surface area contributed by atoms with Crippen LogP contribution in [0.4, 0.5) is 17.2 Å². The number of amides is 1. The van der Waals surface area contributed by atoms with Crippen molar-refractivity contribution in [1.82, 2.24) is 20.8 Å². The van der Waals surface area contributed by atoms with Crippen LogP contribution in [0.5, 0.6) is 5.75 Å². The summed E-state index contributed by atoms with van der Waals surface area (Å²) >= 11 is 0. The molecule has 37 heavy (non-hydrogen) atoms. The van der Waals surface area contributed by atoms with Crippen LogP contribution in [-0.2, 0) is 4.79 Å². The number of hydrogen-bond acceptors (Lipinski definition) is 8. The van der Waals surface area contributed by atoms with Crippen LogP contribution in [0.15, 0.2) is 60.7 Å². The van der Waals surface area contributed by atoms with Gasteiger partial charge in [0, 0.05) is 37.4 Å². The largest absolute Gasteiger partial charge is 0.507 e. The third-order valence-corrected chi connectivity index (χ3v) is 7.12. The highest BCUT2D eigenvalue weighted by Crippen LogP contribution is 2.33. The van der Waals surface area contributed by atoms with E-state index in [1.807, 2.05) is 42.5 Å². The SMILES string of the molecule is Cl.Nc1nnc(-c2ccccc2O)cc1N1CCN(c2ccccc2)C(C(=O)NCC2CCNCC2)C1. The maximum absolute atomic E-state index is 13.5. The number of carbonyl (C=O) groups is 1. The molecule has 3 aromatic rings. The molecule has 0 saturated carbocycles. The van der Waals surface area contributed by atoms with Gasteiger partial charge in [-0.1, -0.05) is 30.3 Å². The van der Waals surface area contributed by atoms with Crippen molar-refractivity contribution in [2.45, 2.75) is 18.9 Å². The lowest BCUT2D eigenvalue weighted by molar-refractivity contribution is -0.122. The standard InChI is InChI=1S/C27H33N7O2.ClH/c28-26-23(16-22(31-32-26)21-8-4-5-9-25(21)35)33-14-15-34(20-6-2-1-3-7-20)24(18-33)27(36)30-17-19-10-12-29-13-11-19;/h1-9,16,19,24,29,35H,10-15,17-18H2,(H2,28,32)(H,30,36);1H. The molecule has 0 spiro atoms. The van der Waals surface area contributed by atoms with Crippen molar-refractivity contribution in [3.63, 3.8) is 0 Å². The van der Waals surface area contributed by atoms with Crippen molar-refractivity contribution in [1.29, 1.82) is 0 Å². The Kier molecular flexibility index (Phi) is 8.68. The first-order valence-corrected chi connectivity index (χ1v) is 12.6. The van der Waals surface area contributed by atoms with E-state index in [0.717, 1.165) is 31.6 Å². The van der Waals surface area contributed by atoms with E-state index < -0.39 is 0 Å². The van der Waals surface area contributed by atoms with E-state index >= 15 is 0 Å². The van der Waals surface area contributed by atoms with E-state index in [1.54, 1.807) is 18.2 Å². The number of nitrogens with zero attached hydrogens (tertiary/aromatic N) is 4. The van der Waals surface area contributed by atoms with Gasteiger partial charge in [0.15, 0.2) is 5.82 Å². The van der Waals surface area contributed by atoms with Gasteiger partial charge in [-0.3, -0.25) is 4.79 Å². The highest BCUT2D eigenvalue weighted by molar-refractivity contribution is 5.87. The van der Waals surface area contributed by atoms with Crippen molar-refractivity contribution >= 4 is 35.5 Å². The van der Waals surface area contributed by atoms with Gasteiger partial charge in [-0.2, -0.15) is 0 Å². The van der Waals surface area contributed by atoms with Crippen LogP contribution >= 0.6 is 12.4 Å². The number of piperazine rings is 1. The minimum absolute atomic E-state index is 0. The molecule has 2 aliphatic rings. The van der Waals surface area contributed by atoms with Gasteiger partial charge in [-0.15, -0.1) is 22.6 Å². The molecule has 1 atom stereocenters. The maximum atomic E-state index is 13.5. The van der Waals surface area contributed by atoms with E-state index in [-0.39, 0.29) is 30.1 Å². The summed E-state index contributed by atoms with van der Waals surface area (Å²) in [5, 5.41) is 25.3. The van der Waals surface area contributed by atoms with E-state index in [4.69, 9.17) is 5.73 Å². The molecule has 2 aromatic carbocycles. The quantitative estimate of drug-likeness (QED) is 0.389. The number of aromatic nitrogens is 2. The number of rotatable bonds is 6. The fraction of sp³-hybridized carbons (Fsp3) is 0.370. The molecule has 3 heterocycles. The van der Waals surface area contributed by atoms with Gasteiger partial charge in [-0.05, 0) is 62.2 Å². The Bertz CT molecular complexity index is 1190. The monoisotopic (exact) mass is 523 g/mol. The molecule has 5 rings (SSSR count). The Morgan fingerprint density at radius 1 is 1.05 bits per heavy atom. The van der Waals surface area contributed by atoms with Gasteiger partial charge >= 0.3 is 0 Å². The summed E-state index contributed by atoms with van der Waals surface area (Å²) in [5.74, 6) is 0.951. The van der Waals surface area contributed by atoms with Gasteiger partial charge in [0.05, 0.1) is 11.4 Å². The van der Waals surface area contributed by atoms with Crippen LogP contribution in [0.3, 0.4) is 0 Å². The molecule has 1 amide bonds. The van der Waals surface area contributed by atoms with Crippen LogP contribution in [0.25, 0.3) is 11.3 Å². The first kappa shape index (κ1) is 26.5. The zero-order valence-corrected chi connectivity index (χ0v) is 21.5. The summed E-state index contributed by atoms with van der Waals surface area (Å²) in [4.78, 5) is 17.8. The highest BCUT2D eigenvalue weighted by Gasteiger charge is 2.34. The topological polar surface area (TPSA) is 120 Å². The Morgan fingerprint density at radius 3 is 2.54 bits per heavy atom. The average molecular weight is 524 g/mol. The number of phenolic OH excluding ortho intramolecular Hbond substituents is 1. The molecule has 0 radical (unpaired) electrons. The number of nitrogens with one attached hydrogen (secondary N) is 2. The van der Waals surface area contributed by atoms with Crippen LogP contribution in [0.2, 0.25) is 0 Å². The molecular formula is C27H34ClN7O2. The molecule has 1 unspecified atom stereocenters. The number of nitrogen functional groups attached to an aromatic ring is 1. The molecule has 5 N–H and O–H groups in total. The number of phenols is 1. The number of benzene rings is 2. The second kappa shape index (κ2) is 12.1. The molecule has 196 valence electrons. The maximum Gasteiger partial charge on any atom is 0.244 e. The lowest BCUT2D eigenvalue weighted by Crippen LogP contribution is -2.60. The Balaban J connectivity index is 0.00000320. The van der Waals surface area contributed by atoms with Crippen molar-refractivity contribution in [2.75, 3.05) is 54.8 Å². The van der Waals surface area contributed by atoms with Crippen molar-refractivity contribution < 1.29 is 9.90 Å². The van der Waals surface area contributed by atoms with E-state index in [2.05, 4.69) is 30.6 Å². The Hall–Kier alpha value is -3.56. The number of carbonyl (C=O) groups excluding carboxylic acids is 1. The molecule has 10 heteroatoms. The summed E-state index contributed by atoms with van der Waals surface area (Å²) in [6.07, 6.45) is 2.15. The zero-order chi connectivity index (χ0) is 24.9. The second-order valence-corrected chi connectivity index (χ2v) is 9.45. The van der Waals surface area contributed by atoms with Crippen LogP contribution in [0.1, 0.15) is 12.8 Å². The molecule has 2 fully saturated rings. The third-order valence-electron chi connectivity index (χ3n) is 7.12. The van der Waals surface area contributed by atoms with Crippen molar-refractivity contribution in [3.8, 4) is 17.0 Å². The lowest BCUT2D eigenvalue weighted by atomic mass is 9.98. The molecule has 9 nitrogen and oxygen atoms in total. The second-order valence-electron chi connectivity index (χ2n) is 9.45. The minimum Gasteiger partial charge on any atom is -0.507 e. The van der Waals surface area contributed by atoms with Crippen LogP contribution in [0, 0.1) is 5.92 Å². The molecule has 0 aliphatic carbocycles. The predicted octanol–water partition coefficient (Wildman–Crippen LogP) is 2.66. The van der Waals surface area contributed by atoms with Gasteiger partial charge in [0.2, 0.25) is 5.91 Å². The summed E-state index contributed by atoms with van der Waals surface area (Å²) in [6.45, 7) is 4.48. The summed E-state index contributed by atoms with van der Waals surface area (Å²) in [5.41, 5.74) is 9.13. The van der Waals surface area contributed by atoms with Crippen LogP contribution in [-0.4, -0.2) is 66.5 Å². The first-order chi connectivity index (χ1) is 17.6. The fourth-order valence-corrected chi connectivity index (χ4v) is 5.07. The zero-order valence-electron chi connectivity index (χ0n) is 20.7. The third kappa shape index (κ3) is 6.06. The van der Waals surface area contributed by atoms with Gasteiger partial charge < -0.3 is 31.3 Å². The van der Waals surface area contributed by atoms with E-state index in [0.29, 0.717) is 54.9 Å². The number of piperidine rings is 1. The van der Waals surface area contributed by atoms with E-state index in [9.17, 15) is 9.90 Å².